The highest BCUT2D eigenvalue weighted by Gasteiger charge is 2.31. The smallest absolute Gasteiger partial charge is 0.336 e. The molecule has 0 unspecified atom stereocenters. The van der Waals surface area contributed by atoms with Gasteiger partial charge in [-0.1, -0.05) is 24.3 Å². The van der Waals surface area contributed by atoms with E-state index in [-0.39, 0.29) is 23.6 Å². The Morgan fingerprint density at radius 1 is 1.07 bits per heavy atom. The van der Waals surface area contributed by atoms with Crippen molar-refractivity contribution in [3.8, 4) is 11.5 Å². The SMILES string of the molecule is C=CCc1cc(/C=C2\SC(=Nc3cccc(C(=O)O)c3C)N(C)C2=O)cc(OCC)c1OCc1ccc(C(=O)O)cc1. The van der Waals surface area contributed by atoms with Gasteiger partial charge in [-0.05, 0) is 91.2 Å². The molecule has 0 bridgehead atoms. The molecule has 1 saturated heterocycles. The summed E-state index contributed by atoms with van der Waals surface area (Å²) >= 11 is 1.20. The highest BCUT2D eigenvalue weighted by Crippen LogP contribution is 2.38. The molecule has 0 atom stereocenters. The summed E-state index contributed by atoms with van der Waals surface area (Å²) in [5.41, 5.74) is 3.67. The zero-order chi connectivity index (χ0) is 30.4. The summed E-state index contributed by atoms with van der Waals surface area (Å²) in [6.07, 6.45) is 3.99. The zero-order valence-electron chi connectivity index (χ0n) is 23.4. The quantitative estimate of drug-likeness (QED) is 0.197. The lowest BCUT2D eigenvalue weighted by molar-refractivity contribution is -0.121. The average Bonchev–Trinajstić information content (AvgIpc) is 3.21. The molecule has 0 saturated carbocycles. The molecule has 216 valence electrons. The first-order valence-corrected chi connectivity index (χ1v) is 13.9. The van der Waals surface area contributed by atoms with Gasteiger partial charge in [-0.15, -0.1) is 6.58 Å². The monoisotopic (exact) mass is 586 g/mol. The predicted octanol–water partition coefficient (Wildman–Crippen LogP) is 6.33. The van der Waals surface area contributed by atoms with E-state index < -0.39 is 11.9 Å². The van der Waals surface area contributed by atoms with E-state index in [0.717, 1.165) is 16.7 Å². The van der Waals surface area contributed by atoms with Crippen molar-refractivity contribution in [2.24, 2.45) is 4.99 Å². The van der Waals surface area contributed by atoms with Crippen LogP contribution in [-0.4, -0.2) is 51.8 Å². The van der Waals surface area contributed by atoms with Gasteiger partial charge >= 0.3 is 11.9 Å². The van der Waals surface area contributed by atoms with Gasteiger partial charge in [0.25, 0.3) is 5.91 Å². The van der Waals surface area contributed by atoms with E-state index >= 15 is 0 Å². The molecular formula is C32H30N2O7S. The summed E-state index contributed by atoms with van der Waals surface area (Å²) in [5.74, 6) is -1.23. The lowest BCUT2D eigenvalue weighted by Crippen LogP contribution is -2.23. The first-order chi connectivity index (χ1) is 20.1. The van der Waals surface area contributed by atoms with Crippen molar-refractivity contribution < 1.29 is 34.1 Å². The third-order valence-corrected chi connectivity index (χ3v) is 7.52. The van der Waals surface area contributed by atoms with Gasteiger partial charge in [0, 0.05) is 12.6 Å². The van der Waals surface area contributed by atoms with Crippen LogP contribution in [-0.2, 0) is 17.8 Å². The predicted molar refractivity (Wildman–Crippen MR) is 163 cm³/mol. The highest BCUT2D eigenvalue weighted by atomic mass is 32.2. The molecule has 0 spiro atoms. The number of benzene rings is 3. The second kappa shape index (κ2) is 13.2. The van der Waals surface area contributed by atoms with Crippen LogP contribution in [0.1, 0.15) is 49.9 Å². The number of likely N-dealkylation sites (N-methyl/N-ethyl adjacent to an activating group) is 1. The standard InChI is InChI=1S/C32H30N2O7S/c1-5-8-23-15-21(16-26(40-6-2)28(23)41-18-20-11-13-22(14-12-20)30(36)37)17-27-29(35)34(4)32(42-27)33-25-10-7-9-24(19(25)3)31(38)39/h5,7,9-17H,1,6,8,18H2,2-4H3,(H,36,37)(H,38,39)/b27-17-,33-32?. The van der Waals surface area contributed by atoms with Gasteiger partial charge in [-0.2, -0.15) is 0 Å². The molecule has 0 radical (unpaired) electrons. The van der Waals surface area contributed by atoms with E-state index in [4.69, 9.17) is 14.6 Å². The number of amides is 1. The Morgan fingerprint density at radius 3 is 2.45 bits per heavy atom. The summed E-state index contributed by atoms with van der Waals surface area (Å²) in [6, 6.07) is 15.0. The number of hydrogen-bond acceptors (Lipinski definition) is 7. The van der Waals surface area contributed by atoms with Crippen LogP contribution in [0.4, 0.5) is 5.69 Å². The van der Waals surface area contributed by atoms with Gasteiger partial charge in [0.1, 0.15) is 6.61 Å². The lowest BCUT2D eigenvalue weighted by Gasteiger charge is -2.17. The van der Waals surface area contributed by atoms with Crippen molar-refractivity contribution in [1.82, 2.24) is 4.90 Å². The Kier molecular flexibility index (Phi) is 9.49. The Hall–Kier alpha value is -4.83. The van der Waals surface area contributed by atoms with Crippen molar-refractivity contribution in [3.05, 3.63) is 106 Å². The molecule has 4 rings (SSSR count). The summed E-state index contributed by atoms with van der Waals surface area (Å²) in [4.78, 5) is 42.3. The number of hydrogen-bond donors (Lipinski definition) is 2. The van der Waals surface area contributed by atoms with Gasteiger partial charge in [0.2, 0.25) is 0 Å². The number of thioether (sulfide) groups is 1. The summed E-state index contributed by atoms with van der Waals surface area (Å²) in [7, 11) is 1.63. The minimum atomic E-state index is -1.04. The number of rotatable bonds is 11. The van der Waals surface area contributed by atoms with Gasteiger partial charge in [-0.25, -0.2) is 14.6 Å². The third-order valence-electron chi connectivity index (χ3n) is 6.46. The third kappa shape index (κ3) is 6.72. The van der Waals surface area contributed by atoms with Gasteiger partial charge in [-0.3, -0.25) is 9.69 Å². The largest absolute Gasteiger partial charge is 0.490 e. The second-order valence-corrected chi connectivity index (χ2v) is 10.4. The molecule has 3 aromatic rings. The first kappa shape index (κ1) is 30.1. The van der Waals surface area contributed by atoms with Gasteiger partial charge < -0.3 is 19.7 Å². The van der Waals surface area contributed by atoms with E-state index in [1.54, 1.807) is 56.5 Å². The Morgan fingerprint density at radius 2 is 1.81 bits per heavy atom. The maximum absolute atomic E-state index is 13.1. The van der Waals surface area contributed by atoms with E-state index in [0.29, 0.717) is 45.9 Å². The average molecular weight is 587 g/mol. The highest BCUT2D eigenvalue weighted by molar-refractivity contribution is 8.18. The molecule has 3 aromatic carbocycles. The van der Waals surface area contributed by atoms with Gasteiger partial charge in [0.05, 0.1) is 28.3 Å². The number of amidine groups is 1. The number of aliphatic imine (C=N–C) groups is 1. The molecule has 2 N–H and O–H groups in total. The molecule has 10 heteroatoms. The summed E-state index contributed by atoms with van der Waals surface area (Å²) in [6.45, 7) is 8.00. The minimum absolute atomic E-state index is 0.155. The van der Waals surface area contributed by atoms with Crippen LogP contribution in [0.2, 0.25) is 0 Å². The number of carbonyl (C=O) groups excluding carboxylic acids is 1. The maximum Gasteiger partial charge on any atom is 0.336 e. The normalized spacial score (nSPS) is 14.8. The molecule has 1 amide bonds. The number of aromatic carboxylic acids is 2. The molecule has 1 aliphatic rings. The first-order valence-electron chi connectivity index (χ1n) is 13.1. The summed E-state index contributed by atoms with van der Waals surface area (Å²) < 4.78 is 12.1. The van der Waals surface area contributed by atoms with E-state index in [1.807, 2.05) is 13.0 Å². The topological polar surface area (TPSA) is 126 Å². The fourth-order valence-corrected chi connectivity index (χ4v) is 5.26. The van der Waals surface area contributed by atoms with Crippen LogP contribution in [0.25, 0.3) is 6.08 Å². The van der Waals surface area contributed by atoms with E-state index in [9.17, 15) is 19.5 Å². The van der Waals surface area contributed by atoms with E-state index in [2.05, 4.69) is 11.6 Å². The molecule has 0 aromatic heterocycles. The van der Waals surface area contributed by atoms with Crippen LogP contribution in [0.15, 0.2) is 77.1 Å². The molecule has 1 heterocycles. The van der Waals surface area contributed by atoms with Crippen LogP contribution >= 0.6 is 11.8 Å². The van der Waals surface area contributed by atoms with Crippen molar-refractivity contribution in [2.45, 2.75) is 26.9 Å². The molecule has 42 heavy (non-hydrogen) atoms. The van der Waals surface area contributed by atoms with Crippen molar-refractivity contribution in [1.29, 1.82) is 0 Å². The Balaban J connectivity index is 1.65. The fraction of sp³-hybridized carbons (Fsp3) is 0.188. The Labute approximate surface area is 247 Å². The van der Waals surface area contributed by atoms with Crippen molar-refractivity contribution >= 4 is 46.5 Å². The molecule has 0 aliphatic carbocycles. The zero-order valence-corrected chi connectivity index (χ0v) is 24.2. The minimum Gasteiger partial charge on any atom is -0.490 e. The number of carboxylic acid groups (broad SMARTS) is 2. The summed E-state index contributed by atoms with van der Waals surface area (Å²) in [5, 5.41) is 19.0. The molecular weight excluding hydrogens is 556 g/mol. The molecule has 9 nitrogen and oxygen atoms in total. The van der Waals surface area contributed by atoms with Crippen molar-refractivity contribution in [2.75, 3.05) is 13.7 Å². The fourth-order valence-electron chi connectivity index (χ4n) is 4.28. The van der Waals surface area contributed by atoms with E-state index in [1.165, 1.54) is 34.9 Å². The molecule has 1 fully saturated rings. The van der Waals surface area contributed by atoms with Crippen LogP contribution in [0.3, 0.4) is 0 Å². The van der Waals surface area contributed by atoms with Gasteiger partial charge in [0.15, 0.2) is 16.7 Å². The van der Waals surface area contributed by atoms with Crippen LogP contribution in [0, 0.1) is 6.92 Å². The van der Waals surface area contributed by atoms with Crippen molar-refractivity contribution in [3.63, 3.8) is 0 Å². The number of allylic oxidation sites excluding steroid dienone is 1. The second-order valence-electron chi connectivity index (χ2n) is 9.35. The van der Waals surface area contributed by atoms with Crippen LogP contribution in [0.5, 0.6) is 11.5 Å². The maximum atomic E-state index is 13.1. The number of carboxylic acids is 2. The Bertz CT molecular complexity index is 1610. The molecule has 1 aliphatic heterocycles. The lowest BCUT2D eigenvalue weighted by atomic mass is 10.0. The number of ether oxygens (including phenoxy) is 2. The number of carbonyl (C=O) groups is 3. The van der Waals surface area contributed by atoms with Crippen LogP contribution < -0.4 is 9.47 Å². The number of nitrogens with zero attached hydrogens (tertiary/aromatic N) is 2.